The molecular formula is C16H24N4O2. The summed E-state index contributed by atoms with van der Waals surface area (Å²) in [5.74, 6) is 0.0380. The molecule has 0 aromatic heterocycles. The van der Waals surface area contributed by atoms with Gasteiger partial charge in [-0.05, 0) is 25.0 Å². The van der Waals surface area contributed by atoms with E-state index in [0.717, 1.165) is 24.2 Å². The summed E-state index contributed by atoms with van der Waals surface area (Å²) in [6, 6.07) is 6.86. The van der Waals surface area contributed by atoms with E-state index in [1.165, 1.54) is 0 Å². The second kappa shape index (κ2) is 7.26. The second-order valence-electron chi connectivity index (χ2n) is 5.76. The Labute approximate surface area is 131 Å². The first-order valence-corrected chi connectivity index (χ1v) is 7.60. The molecule has 1 aromatic rings. The van der Waals surface area contributed by atoms with E-state index in [2.05, 4.69) is 10.6 Å². The molecule has 1 aromatic carbocycles. The molecule has 2 atom stereocenters. The summed E-state index contributed by atoms with van der Waals surface area (Å²) in [7, 11) is 0. The molecule has 1 aliphatic rings. The van der Waals surface area contributed by atoms with E-state index in [9.17, 15) is 9.59 Å². The Morgan fingerprint density at radius 1 is 1.45 bits per heavy atom. The van der Waals surface area contributed by atoms with Crippen molar-refractivity contribution in [2.75, 3.05) is 19.6 Å². The van der Waals surface area contributed by atoms with Crippen LogP contribution in [0.1, 0.15) is 30.5 Å². The summed E-state index contributed by atoms with van der Waals surface area (Å²) in [5, 5.41) is 5.96. The third kappa shape index (κ3) is 3.98. The predicted octanol–water partition coefficient (Wildman–Crippen LogP) is 0.915. The number of carbonyl (C=O) groups is 2. The van der Waals surface area contributed by atoms with Crippen LogP contribution in [-0.2, 0) is 4.79 Å². The van der Waals surface area contributed by atoms with Crippen LogP contribution >= 0.6 is 0 Å². The summed E-state index contributed by atoms with van der Waals surface area (Å²) in [6.45, 7) is 6.27. The fraction of sp³-hybridized carbons (Fsp3) is 0.500. The molecule has 1 saturated heterocycles. The lowest BCUT2D eigenvalue weighted by Crippen LogP contribution is -2.53. The van der Waals surface area contributed by atoms with Gasteiger partial charge in [0.2, 0.25) is 5.91 Å². The summed E-state index contributed by atoms with van der Waals surface area (Å²) in [4.78, 5) is 25.7. The predicted molar refractivity (Wildman–Crippen MR) is 85.3 cm³/mol. The highest BCUT2D eigenvalue weighted by Gasteiger charge is 2.26. The lowest BCUT2D eigenvalue weighted by molar-refractivity contribution is -0.134. The highest BCUT2D eigenvalue weighted by molar-refractivity contribution is 5.79. The van der Waals surface area contributed by atoms with Crippen LogP contribution in [0.25, 0.3) is 0 Å². The zero-order chi connectivity index (χ0) is 16.1. The molecule has 0 aliphatic carbocycles. The summed E-state index contributed by atoms with van der Waals surface area (Å²) >= 11 is 0. The molecule has 1 heterocycles. The zero-order valence-corrected chi connectivity index (χ0v) is 13.1. The molecule has 0 saturated carbocycles. The number of piperazine rings is 1. The number of aryl methyl sites for hydroxylation is 1. The van der Waals surface area contributed by atoms with Crippen molar-refractivity contribution >= 4 is 11.9 Å². The Morgan fingerprint density at radius 2 is 2.18 bits per heavy atom. The number of carbonyl (C=O) groups excluding carboxylic acids is 2. The van der Waals surface area contributed by atoms with Gasteiger partial charge in [0.1, 0.15) is 0 Å². The van der Waals surface area contributed by atoms with Gasteiger partial charge in [0, 0.05) is 25.7 Å². The summed E-state index contributed by atoms with van der Waals surface area (Å²) in [5.41, 5.74) is 7.24. The van der Waals surface area contributed by atoms with E-state index in [4.69, 9.17) is 5.73 Å². The van der Waals surface area contributed by atoms with Gasteiger partial charge in [-0.2, -0.15) is 0 Å². The lowest BCUT2D eigenvalue weighted by Gasteiger charge is -2.35. The van der Waals surface area contributed by atoms with E-state index in [1.807, 2.05) is 43.0 Å². The Morgan fingerprint density at radius 3 is 2.82 bits per heavy atom. The van der Waals surface area contributed by atoms with Gasteiger partial charge in [-0.25, -0.2) is 4.79 Å². The van der Waals surface area contributed by atoms with Crippen LogP contribution in [0.15, 0.2) is 24.3 Å². The van der Waals surface area contributed by atoms with Crippen molar-refractivity contribution in [1.82, 2.24) is 15.5 Å². The number of rotatable bonds is 4. The van der Waals surface area contributed by atoms with E-state index < -0.39 is 12.1 Å². The molecular weight excluding hydrogens is 280 g/mol. The van der Waals surface area contributed by atoms with Crippen molar-refractivity contribution < 1.29 is 9.59 Å². The number of nitrogens with one attached hydrogen (secondary N) is 2. The number of primary amides is 1. The second-order valence-corrected chi connectivity index (χ2v) is 5.76. The number of benzene rings is 1. The third-order valence-electron chi connectivity index (χ3n) is 4.08. The Hall–Kier alpha value is -2.08. The molecule has 1 fully saturated rings. The van der Waals surface area contributed by atoms with Crippen LogP contribution in [0, 0.1) is 6.92 Å². The van der Waals surface area contributed by atoms with Gasteiger partial charge in [-0.1, -0.05) is 24.3 Å². The number of nitrogens with two attached hydrogens (primary N) is 1. The molecule has 0 bridgehead atoms. The first-order valence-electron chi connectivity index (χ1n) is 7.60. The average molecular weight is 304 g/mol. The Kier molecular flexibility index (Phi) is 5.38. The maximum Gasteiger partial charge on any atom is 0.312 e. The molecule has 6 heteroatoms. The van der Waals surface area contributed by atoms with E-state index >= 15 is 0 Å². The Balaban J connectivity index is 2.14. The number of nitrogens with zero attached hydrogens (tertiary/aromatic N) is 1. The van der Waals surface area contributed by atoms with Gasteiger partial charge in [-0.15, -0.1) is 0 Å². The van der Waals surface area contributed by atoms with Crippen LogP contribution < -0.4 is 16.4 Å². The average Bonchev–Trinajstić information content (AvgIpc) is 2.47. The molecule has 6 nitrogen and oxygen atoms in total. The standard InChI is InChI=1S/C16H24N4O2/c1-11-5-3-4-6-13(11)14(19-16(17)22)9-15(21)20-8-7-18-10-12(20)2/h3-6,12,14,18H,7-10H2,1-2H3,(H3,17,19,22). The fourth-order valence-corrected chi connectivity index (χ4v) is 2.89. The Bertz CT molecular complexity index is 547. The quantitative estimate of drug-likeness (QED) is 0.773. The lowest BCUT2D eigenvalue weighted by atomic mass is 9.98. The van der Waals surface area contributed by atoms with Crippen LogP contribution in [0.3, 0.4) is 0 Å². The van der Waals surface area contributed by atoms with Crippen LogP contribution in [0.5, 0.6) is 0 Å². The molecule has 22 heavy (non-hydrogen) atoms. The van der Waals surface area contributed by atoms with Crippen molar-refractivity contribution in [2.45, 2.75) is 32.4 Å². The van der Waals surface area contributed by atoms with E-state index in [-0.39, 0.29) is 18.4 Å². The highest BCUT2D eigenvalue weighted by atomic mass is 16.2. The van der Waals surface area contributed by atoms with Crippen LogP contribution in [-0.4, -0.2) is 42.5 Å². The monoisotopic (exact) mass is 304 g/mol. The van der Waals surface area contributed by atoms with Crippen molar-refractivity contribution in [2.24, 2.45) is 5.73 Å². The number of hydrogen-bond donors (Lipinski definition) is 3. The molecule has 2 unspecified atom stereocenters. The molecule has 1 aliphatic heterocycles. The largest absolute Gasteiger partial charge is 0.352 e. The van der Waals surface area contributed by atoms with E-state index in [1.54, 1.807) is 0 Å². The number of hydrogen-bond acceptors (Lipinski definition) is 3. The smallest absolute Gasteiger partial charge is 0.312 e. The number of amides is 3. The van der Waals surface area contributed by atoms with Gasteiger partial charge in [0.25, 0.3) is 0 Å². The first kappa shape index (κ1) is 16.3. The minimum atomic E-state index is -0.616. The zero-order valence-electron chi connectivity index (χ0n) is 13.1. The SMILES string of the molecule is Cc1ccccc1C(CC(=O)N1CCNCC1C)NC(N)=O. The van der Waals surface area contributed by atoms with Gasteiger partial charge in [-0.3, -0.25) is 4.79 Å². The maximum atomic E-state index is 12.6. The van der Waals surface area contributed by atoms with Crippen LogP contribution in [0.4, 0.5) is 4.79 Å². The van der Waals surface area contributed by atoms with Gasteiger partial charge >= 0.3 is 6.03 Å². The van der Waals surface area contributed by atoms with Gasteiger partial charge < -0.3 is 21.3 Å². The van der Waals surface area contributed by atoms with Crippen molar-refractivity contribution in [3.05, 3.63) is 35.4 Å². The number of urea groups is 1. The molecule has 2 rings (SSSR count). The van der Waals surface area contributed by atoms with Crippen molar-refractivity contribution in [1.29, 1.82) is 0 Å². The molecule has 4 N–H and O–H groups in total. The van der Waals surface area contributed by atoms with Crippen molar-refractivity contribution in [3.63, 3.8) is 0 Å². The molecule has 0 radical (unpaired) electrons. The minimum absolute atomic E-state index is 0.0380. The topological polar surface area (TPSA) is 87.5 Å². The fourth-order valence-electron chi connectivity index (χ4n) is 2.89. The highest BCUT2D eigenvalue weighted by Crippen LogP contribution is 2.22. The minimum Gasteiger partial charge on any atom is -0.352 e. The summed E-state index contributed by atoms with van der Waals surface area (Å²) in [6.07, 6.45) is 0.220. The maximum absolute atomic E-state index is 12.6. The first-order chi connectivity index (χ1) is 10.5. The summed E-state index contributed by atoms with van der Waals surface area (Å²) < 4.78 is 0. The normalized spacial score (nSPS) is 19.5. The molecule has 3 amide bonds. The van der Waals surface area contributed by atoms with E-state index in [0.29, 0.717) is 6.54 Å². The van der Waals surface area contributed by atoms with Gasteiger partial charge in [0.05, 0.1) is 12.5 Å². The molecule has 120 valence electrons. The van der Waals surface area contributed by atoms with Gasteiger partial charge in [0.15, 0.2) is 0 Å². The van der Waals surface area contributed by atoms with Crippen LogP contribution in [0.2, 0.25) is 0 Å². The van der Waals surface area contributed by atoms with Crippen molar-refractivity contribution in [3.8, 4) is 0 Å². The molecule has 0 spiro atoms. The third-order valence-corrected chi connectivity index (χ3v) is 4.08.